The molecule has 0 spiro atoms. The highest BCUT2D eigenvalue weighted by Crippen LogP contribution is 2.33. The molecule has 6 heteroatoms. The number of nitrogens with zero attached hydrogens (tertiary/aromatic N) is 1. The van der Waals surface area contributed by atoms with Crippen molar-refractivity contribution in [1.29, 1.82) is 0 Å². The average Bonchev–Trinajstić information content (AvgIpc) is 2.61. The Kier molecular flexibility index (Phi) is 4.94. The van der Waals surface area contributed by atoms with Crippen molar-refractivity contribution in [3.05, 3.63) is 52.0 Å². The summed E-state index contributed by atoms with van der Waals surface area (Å²) in [5.41, 5.74) is 3.04. The number of carbonyl (C=O) groups is 1. The number of carbonyl (C=O) groups excluding carboxylic acids is 1. The fraction of sp³-hybridized carbons (Fsp3) is 0.278. The number of hydrogen-bond acceptors (Lipinski definition) is 3. The number of hydrogen-bond donors (Lipinski definition) is 1. The van der Waals surface area contributed by atoms with Crippen LogP contribution in [0.3, 0.4) is 0 Å². The summed E-state index contributed by atoms with van der Waals surface area (Å²) in [5, 5.41) is 2.95. The van der Waals surface area contributed by atoms with Gasteiger partial charge in [-0.3, -0.25) is 0 Å². The highest BCUT2D eigenvalue weighted by atomic mass is 79.9. The smallest absolute Gasteiger partial charge is 0.322 e. The Morgan fingerprint density at radius 2 is 1.79 bits per heavy atom. The lowest BCUT2D eigenvalue weighted by Crippen LogP contribution is -2.39. The van der Waals surface area contributed by atoms with Gasteiger partial charge in [-0.15, -0.1) is 0 Å². The summed E-state index contributed by atoms with van der Waals surface area (Å²) in [6, 6.07) is 11.4. The molecule has 0 unspecified atom stereocenters. The zero-order valence-electron chi connectivity index (χ0n) is 13.6. The molecule has 0 aromatic heterocycles. The molecule has 1 N–H and O–H groups in total. The monoisotopic (exact) mass is 390 g/mol. The Balaban J connectivity index is 1.77. The van der Waals surface area contributed by atoms with Gasteiger partial charge in [-0.1, -0.05) is 12.1 Å². The van der Waals surface area contributed by atoms with Gasteiger partial charge in [-0.25, -0.2) is 4.79 Å². The predicted molar refractivity (Wildman–Crippen MR) is 96.8 cm³/mol. The lowest BCUT2D eigenvalue weighted by molar-refractivity contribution is 0.206. The highest BCUT2D eigenvalue weighted by Gasteiger charge is 2.23. The molecule has 0 bridgehead atoms. The van der Waals surface area contributed by atoms with Crippen molar-refractivity contribution in [1.82, 2.24) is 4.90 Å². The molecule has 2 aromatic carbocycles. The third-order valence-corrected chi connectivity index (χ3v) is 4.81. The molecular formula is C18H19BrN2O3. The minimum absolute atomic E-state index is 0.109. The minimum atomic E-state index is -0.109. The third-order valence-electron chi connectivity index (χ3n) is 4.12. The van der Waals surface area contributed by atoms with E-state index in [1.807, 2.05) is 36.4 Å². The Hall–Kier alpha value is -2.21. The molecule has 0 atom stereocenters. The van der Waals surface area contributed by atoms with E-state index in [2.05, 4.69) is 21.2 Å². The van der Waals surface area contributed by atoms with Gasteiger partial charge < -0.3 is 19.7 Å². The molecule has 24 heavy (non-hydrogen) atoms. The summed E-state index contributed by atoms with van der Waals surface area (Å²) < 4.78 is 11.6. The first-order valence-corrected chi connectivity index (χ1v) is 8.46. The Morgan fingerprint density at radius 3 is 2.46 bits per heavy atom. The lowest BCUT2D eigenvalue weighted by Gasteiger charge is -2.29. The molecule has 1 aliphatic heterocycles. The fourth-order valence-corrected chi connectivity index (χ4v) is 3.20. The zero-order valence-corrected chi connectivity index (χ0v) is 15.2. The average molecular weight is 391 g/mol. The van der Waals surface area contributed by atoms with Gasteiger partial charge in [-0.2, -0.15) is 0 Å². The summed E-state index contributed by atoms with van der Waals surface area (Å²) in [7, 11) is 3.25. The van der Waals surface area contributed by atoms with Crippen molar-refractivity contribution >= 4 is 27.6 Å². The van der Waals surface area contributed by atoms with Gasteiger partial charge >= 0.3 is 6.03 Å². The second-order valence-corrected chi connectivity index (χ2v) is 6.41. The van der Waals surface area contributed by atoms with Crippen molar-refractivity contribution in [2.75, 3.05) is 26.1 Å². The molecule has 2 amide bonds. The number of methoxy groups -OCH3 is 2. The van der Waals surface area contributed by atoms with Crippen molar-refractivity contribution in [2.24, 2.45) is 0 Å². The quantitative estimate of drug-likeness (QED) is 0.859. The summed E-state index contributed by atoms with van der Waals surface area (Å²) in [5.74, 6) is 1.41. The van der Waals surface area contributed by atoms with E-state index in [4.69, 9.17) is 9.47 Å². The van der Waals surface area contributed by atoms with E-state index in [0.29, 0.717) is 18.8 Å². The molecule has 0 fully saturated rings. The molecular weight excluding hydrogens is 372 g/mol. The maximum atomic E-state index is 12.5. The second-order valence-electron chi connectivity index (χ2n) is 5.56. The Bertz CT molecular complexity index is 764. The van der Waals surface area contributed by atoms with Crippen molar-refractivity contribution in [2.45, 2.75) is 13.0 Å². The number of halogens is 1. The molecule has 0 aliphatic carbocycles. The van der Waals surface area contributed by atoms with Crippen LogP contribution in [-0.2, 0) is 13.0 Å². The molecule has 3 rings (SSSR count). The van der Waals surface area contributed by atoms with Crippen LogP contribution < -0.4 is 14.8 Å². The number of ether oxygens (including phenoxy) is 2. The standard InChI is InChI=1S/C18H19BrN2O3/c1-23-16-9-12-7-8-21(11-13(12)10-17(16)24-2)18(22)20-15-6-4-3-5-14(15)19/h3-6,9-10H,7-8,11H2,1-2H3,(H,20,22). The first-order chi connectivity index (χ1) is 11.6. The van der Waals surface area contributed by atoms with E-state index in [-0.39, 0.29) is 6.03 Å². The molecule has 1 heterocycles. The van der Waals surface area contributed by atoms with E-state index < -0.39 is 0 Å². The summed E-state index contributed by atoms with van der Waals surface area (Å²) >= 11 is 3.45. The molecule has 0 radical (unpaired) electrons. The minimum Gasteiger partial charge on any atom is -0.493 e. The van der Waals surface area contributed by atoms with Crippen molar-refractivity contribution < 1.29 is 14.3 Å². The Morgan fingerprint density at radius 1 is 1.12 bits per heavy atom. The summed E-state index contributed by atoms with van der Waals surface area (Å²) in [4.78, 5) is 14.3. The largest absolute Gasteiger partial charge is 0.493 e. The number of amides is 2. The molecule has 126 valence electrons. The van der Waals surface area contributed by atoms with Crippen LogP contribution in [0, 0.1) is 0 Å². The van der Waals surface area contributed by atoms with Gasteiger partial charge in [0.25, 0.3) is 0 Å². The third kappa shape index (κ3) is 3.33. The zero-order chi connectivity index (χ0) is 17.1. The fourth-order valence-electron chi connectivity index (χ4n) is 2.81. The normalized spacial score (nSPS) is 13.2. The Labute approximate surface area is 149 Å². The van der Waals surface area contributed by atoms with Gasteiger partial charge in [0.1, 0.15) is 0 Å². The number of benzene rings is 2. The number of anilines is 1. The van der Waals surface area contributed by atoms with Crippen molar-refractivity contribution in [3.8, 4) is 11.5 Å². The van der Waals surface area contributed by atoms with Gasteiger partial charge in [0.2, 0.25) is 0 Å². The number of para-hydroxylation sites is 1. The van der Waals surface area contributed by atoms with Crippen LogP contribution in [0.15, 0.2) is 40.9 Å². The lowest BCUT2D eigenvalue weighted by atomic mass is 9.99. The maximum absolute atomic E-state index is 12.5. The first kappa shape index (κ1) is 16.6. The maximum Gasteiger partial charge on any atom is 0.322 e. The van der Waals surface area contributed by atoms with Crippen molar-refractivity contribution in [3.63, 3.8) is 0 Å². The van der Waals surface area contributed by atoms with Crippen LogP contribution in [0.5, 0.6) is 11.5 Å². The predicted octanol–water partition coefficient (Wildman–Crippen LogP) is 4.06. The first-order valence-electron chi connectivity index (χ1n) is 7.66. The van der Waals surface area contributed by atoms with Gasteiger partial charge in [0.05, 0.1) is 19.9 Å². The van der Waals surface area contributed by atoms with E-state index in [0.717, 1.165) is 27.9 Å². The molecule has 0 saturated heterocycles. The van der Waals surface area contributed by atoms with Gasteiger partial charge in [-0.05, 0) is 57.7 Å². The van der Waals surface area contributed by atoms with Crippen LogP contribution >= 0.6 is 15.9 Å². The molecule has 5 nitrogen and oxygen atoms in total. The highest BCUT2D eigenvalue weighted by molar-refractivity contribution is 9.10. The summed E-state index contributed by atoms with van der Waals surface area (Å²) in [6.45, 7) is 1.21. The van der Waals surface area contributed by atoms with E-state index in [1.54, 1.807) is 19.1 Å². The van der Waals surface area contributed by atoms with Gasteiger partial charge in [0.15, 0.2) is 11.5 Å². The van der Waals surface area contributed by atoms with Gasteiger partial charge in [0, 0.05) is 17.6 Å². The number of fused-ring (bicyclic) bond motifs is 1. The topological polar surface area (TPSA) is 50.8 Å². The molecule has 0 saturated carbocycles. The number of nitrogens with one attached hydrogen (secondary N) is 1. The number of urea groups is 1. The van der Waals surface area contributed by atoms with Crippen LogP contribution in [-0.4, -0.2) is 31.7 Å². The van der Waals surface area contributed by atoms with Crippen LogP contribution in [0.2, 0.25) is 0 Å². The van der Waals surface area contributed by atoms with E-state index in [9.17, 15) is 4.79 Å². The van der Waals surface area contributed by atoms with Crippen LogP contribution in [0.1, 0.15) is 11.1 Å². The van der Waals surface area contributed by atoms with E-state index in [1.165, 1.54) is 5.56 Å². The van der Waals surface area contributed by atoms with E-state index >= 15 is 0 Å². The van der Waals surface area contributed by atoms with Crippen LogP contribution in [0.25, 0.3) is 0 Å². The second kappa shape index (κ2) is 7.13. The van der Waals surface area contributed by atoms with Crippen LogP contribution in [0.4, 0.5) is 10.5 Å². The molecule has 2 aromatic rings. The number of rotatable bonds is 3. The summed E-state index contributed by atoms with van der Waals surface area (Å²) in [6.07, 6.45) is 0.791. The molecule has 1 aliphatic rings. The SMILES string of the molecule is COc1cc2c(cc1OC)CN(C(=O)Nc1ccccc1Br)CC2.